The molecule has 0 heterocycles. The van der Waals surface area contributed by atoms with Gasteiger partial charge in [-0.15, -0.1) is 0 Å². The smallest absolute Gasteiger partial charge is 0.131 e. The third kappa shape index (κ3) is 4.51. The van der Waals surface area contributed by atoms with Gasteiger partial charge < -0.3 is 31.3 Å². The van der Waals surface area contributed by atoms with Gasteiger partial charge in [-0.1, -0.05) is 7.43 Å². The highest BCUT2D eigenvalue weighted by Gasteiger charge is 2.29. The first-order chi connectivity index (χ1) is 5.54. The van der Waals surface area contributed by atoms with E-state index in [0.29, 0.717) is 0 Å². The van der Waals surface area contributed by atoms with Crippen LogP contribution in [0.5, 0.6) is 0 Å². The Hall–Kier alpha value is -0.240. The van der Waals surface area contributed by atoms with Gasteiger partial charge in [-0.25, -0.2) is 0 Å². The summed E-state index contributed by atoms with van der Waals surface area (Å²) in [5.74, 6) is 0. The van der Waals surface area contributed by atoms with Crippen molar-refractivity contribution in [3.63, 3.8) is 0 Å². The third-order valence-electron chi connectivity index (χ3n) is 1.62. The maximum absolute atomic E-state index is 9.08. The predicted octanol–water partition coefficient (Wildman–Crippen LogP) is -3.70. The zero-order valence-electron chi connectivity index (χ0n) is 6.67. The zero-order valence-corrected chi connectivity index (χ0v) is 6.67. The molecule has 0 saturated heterocycles. The molecule has 0 amide bonds. The monoisotopic (exact) mass is 198 g/mol. The Labute approximate surface area is 77.2 Å². The molecular weight excluding hydrogens is 178 g/mol. The Balaban J connectivity index is 0. The first-order valence-electron chi connectivity index (χ1n) is 3.67. The summed E-state index contributed by atoms with van der Waals surface area (Å²) in [6, 6.07) is 0. The van der Waals surface area contributed by atoms with Crippen molar-refractivity contribution in [2.75, 3.05) is 13.2 Å². The SMILES string of the molecule is C.[NH3+]C[C@H](O)[C@@H](O)[C@H](O)[C@H](O)CO. The van der Waals surface area contributed by atoms with Gasteiger partial charge in [0.25, 0.3) is 0 Å². The van der Waals surface area contributed by atoms with Gasteiger partial charge in [-0.2, -0.15) is 0 Å². The first kappa shape index (κ1) is 15.2. The molecule has 0 aromatic carbocycles. The molecule has 0 rings (SSSR count). The fourth-order valence-electron chi connectivity index (χ4n) is 0.734. The Morgan fingerprint density at radius 2 is 1.31 bits per heavy atom. The summed E-state index contributed by atoms with van der Waals surface area (Å²) < 4.78 is 0. The zero-order chi connectivity index (χ0) is 9.72. The molecule has 0 saturated carbocycles. The van der Waals surface area contributed by atoms with Gasteiger partial charge in [0.1, 0.15) is 31.0 Å². The minimum atomic E-state index is -1.55. The highest BCUT2D eigenvalue weighted by atomic mass is 16.4. The summed E-state index contributed by atoms with van der Waals surface area (Å²) in [4.78, 5) is 0. The Morgan fingerprint density at radius 3 is 1.62 bits per heavy atom. The van der Waals surface area contributed by atoms with Crippen molar-refractivity contribution in [1.82, 2.24) is 0 Å². The molecule has 0 unspecified atom stereocenters. The van der Waals surface area contributed by atoms with Gasteiger partial charge in [-0.3, -0.25) is 0 Å². The number of aliphatic hydroxyl groups excluding tert-OH is 5. The van der Waals surface area contributed by atoms with Gasteiger partial charge in [-0.05, 0) is 0 Å². The van der Waals surface area contributed by atoms with Crippen molar-refractivity contribution in [3.8, 4) is 0 Å². The van der Waals surface area contributed by atoms with E-state index in [9.17, 15) is 0 Å². The maximum atomic E-state index is 9.08. The number of hydrogen-bond acceptors (Lipinski definition) is 5. The standard InChI is InChI=1S/C6H15NO5.CH4/c7-1-3(9)5(11)6(12)4(10)2-8;/h3-6,8-12H,1-2,7H2;1H4/p+1/t3-,4+,5+,6+;/m0./s1. The topological polar surface area (TPSA) is 129 Å². The Kier molecular flexibility index (Phi) is 8.43. The molecule has 6 heteroatoms. The number of aliphatic hydroxyl groups is 5. The van der Waals surface area contributed by atoms with E-state index in [4.69, 9.17) is 25.5 Å². The van der Waals surface area contributed by atoms with E-state index in [-0.39, 0.29) is 14.0 Å². The van der Waals surface area contributed by atoms with Crippen LogP contribution < -0.4 is 5.73 Å². The molecule has 0 radical (unpaired) electrons. The Morgan fingerprint density at radius 1 is 0.923 bits per heavy atom. The van der Waals surface area contributed by atoms with E-state index in [0.717, 1.165) is 0 Å². The largest absolute Gasteiger partial charge is 0.394 e. The van der Waals surface area contributed by atoms with Crippen LogP contribution in [0.25, 0.3) is 0 Å². The van der Waals surface area contributed by atoms with Crippen LogP contribution in [-0.4, -0.2) is 63.1 Å². The van der Waals surface area contributed by atoms with E-state index >= 15 is 0 Å². The molecule has 4 atom stereocenters. The maximum Gasteiger partial charge on any atom is 0.131 e. The van der Waals surface area contributed by atoms with Crippen molar-refractivity contribution >= 4 is 0 Å². The number of rotatable bonds is 5. The lowest BCUT2D eigenvalue weighted by Crippen LogP contribution is -2.61. The normalized spacial score (nSPS) is 19.8. The average Bonchev–Trinajstić information content (AvgIpc) is 2.12. The van der Waals surface area contributed by atoms with E-state index in [1.165, 1.54) is 0 Å². The predicted molar refractivity (Wildman–Crippen MR) is 45.6 cm³/mol. The van der Waals surface area contributed by atoms with Crippen LogP contribution in [0.3, 0.4) is 0 Å². The van der Waals surface area contributed by atoms with Crippen LogP contribution in [0.15, 0.2) is 0 Å². The minimum absolute atomic E-state index is 0. The second kappa shape index (κ2) is 7.19. The third-order valence-corrected chi connectivity index (χ3v) is 1.62. The molecule has 0 aliphatic carbocycles. The van der Waals surface area contributed by atoms with E-state index < -0.39 is 31.0 Å². The first-order valence-corrected chi connectivity index (χ1v) is 3.67. The van der Waals surface area contributed by atoms with E-state index in [1.807, 2.05) is 0 Å². The molecule has 0 aliphatic rings. The second-order valence-electron chi connectivity index (χ2n) is 2.59. The lowest BCUT2D eigenvalue weighted by molar-refractivity contribution is -0.390. The molecule has 0 spiro atoms. The molecule has 8 N–H and O–H groups in total. The van der Waals surface area contributed by atoms with Crippen molar-refractivity contribution in [2.45, 2.75) is 31.8 Å². The lowest BCUT2D eigenvalue weighted by atomic mass is 10.0. The Bertz CT molecular complexity index is 109. The minimum Gasteiger partial charge on any atom is -0.394 e. The van der Waals surface area contributed by atoms with Gasteiger partial charge in [0.15, 0.2) is 0 Å². The van der Waals surface area contributed by atoms with E-state index in [1.54, 1.807) is 0 Å². The molecule has 82 valence electrons. The average molecular weight is 198 g/mol. The van der Waals surface area contributed by atoms with Crippen LogP contribution in [0.4, 0.5) is 0 Å². The van der Waals surface area contributed by atoms with Crippen molar-refractivity contribution in [3.05, 3.63) is 0 Å². The van der Waals surface area contributed by atoms with Gasteiger partial charge in [0.05, 0.1) is 6.61 Å². The van der Waals surface area contributed by atoms with E-state index in [2.05, 4.69) is 5.73 Å². The summed E-state index contributed by atoms with van der Waals surface area (Å²) in [6.07, 6.45) is -5.67. The van der Waals surface area contributed by atoms with Gasteiger partial charge in [0.2, 0.25) is 0 Å². The van der Waals surface area contributed by atoms with Crippen LogP contribution in [0.1, 0.15) is 7.43 Å². The summed E-state index contributed by atoms with van der Waals surface area (Å²) in [5.41, 5.74) is 3.31. The summed E-state index contributed by atoms with van der Waals surface area (Å²) in [6.45, 7) is -0.640. The van der Waals surface area contributed by atoms with Crippen LogP contribution in [0.2, 0.25) is 0 Å². The van der Waals surface area contributed by atoms with Gasteiger partial charge in [0, 0.05) is 0 Å². The molecule has 13 heavy (non-hydrogen) atoms. The van der Waals surface area contributed by atoms with Crippen LogP contribution >= 0.6 is 0 Å². The van der Waals surface area contributed by atoms with Crippen LogP contribution in [0, 0.1) is 0 Å². The molecule has 0 aliphatic heterocycles. The fraction of sp³-hybridized carbons (Fsp3) is 1.00. The van der Waals surface area contributed by atoms with Crippen molar-refractivity contribution in [2.24, 2.45) is 0 Å². The number of hydrogen-bond donors (Lipinski definition) is 6. The quantitative estimate of drug-likeness (QED) is 0.271. The highest BCUT2D eigenvalue weighted by molar-refractivity contribution is 4.79. The molecule has 0 aromatic heterocycles. The molecule has 6 nitrogen and oxygen atoms in total. The molecular formula is C7H20NO5+. The fourth-order valence-corrected chi connectivity index (χ4v) is 0.734. The van der Waals surface area contributed by atoms with Crippen molar-refractivity contribution < 1.29 is 31.3 Å². The van der Waals surface area contributed by atoms with Gasteiger partial charge >= 0.3 is 0 Å². The number of quaternary nitrogens is 1. The summed E-state index contributed by atoms with van der Waals surface area (Å²) >= 11 is 0. The molecule has 0 bridgehead atoms. The highest BCUT2D eigenvalue weighted by Crippen LogP contribution is 2.03. The summed E-state index contributed by atoms with van der Waals surface area (Å²) in [5, 5.41) is 44.3. The van der Waals surface area contributed by atoms with Crippen LogP contribution in [-0.2, 0) is 0 Å². The second-order valence-corrected chi connectivity index (χ2v) is 2.59. The summed E-state index contributed by atoms with van der Waals surface area (Å²) in [7, 11) is 0. The molecule has 0 aromatic rings. The lowest BCUT2D eigenvalue weighted by Gasteiger charge is -2.23. The molecule has 0 fully saturated rings. The van der Waals surface area contributed by atoms with Crippen molar-refractivity contribution in [1.29, 1.82) is 0 Å².